The summed E-state index contributed by atoms with van der Waals surface area (Å²) in [5, 5.41) is 3.18. The number of hydrogen-bond acceptors (Lipinski definition) is 3. The summed E-state index contributed by atoms with van der Waals surface area (Å²) in [6, 6.07) is 7.08. The first-order chi connectivity index (χ1) is 11.1. The number of piperidine rings is 1. The molecule has 2 saturated heterocycles. The molecule has 2 heterocycles. The fraction of sp³-hybridized carbons (Fsp3) is 0.632. The summed E-state index contributed by atoms with van der Waals surface area (Å²) in [4.78, 5) is 15.1. The van der Waals surface area contributed by atoms with E-state index >= 15 is 0 Å². The molecule has 0 saturated carbocycles. The Morgan fingerprint density at radius 3 is 2.74 bits per heavy atom. The Hall–Kier alpha value is -1.39. The average Bonchev–Trinajstić information content (AvgIpc) is 2.57. The van der Waals surface area contributed by atoms with E-state index in [0.717, 1.165) is 43.7 Å². The molecular formula is C19H28N2O2. The summed E-state index contributed by atoms with van der Waals surface area (Å²) in [5.41, 5.74) is 3.15. The number of amides is 1. The van der Waals surface area contributed by atoms with Gasteiger partial charge in [0.15, 0.2) is 0 Å². The topological polar surface area (TPSA) is 41.6 Å². The molecule has 0 radical (unpaired) electrons. The molecule has 0 aliphatic carbocycles. The number of carbonyl (C=O) groups is 1. The zero-order valence-corrected chi connectivity index (χ0v) is 14.3. The quantitative estimate of drug-likeness (QED) is 0.932. The van der Waals surface area contributed by atoms with Gasteiger partial charge < -0.3 is 10.1 Å². The molecule has 0 spiro atoms. The van der Waals surface area contributed by atoms with Crippen LogP contribution < -0.4 is 5.32 Å². The second kappa shape index (κ2) is 7.45. The van der Waals surface area contributed by atoms with Gasteiger partial charge in [-0.15, -0.1) is 0 Å². The predicted octanol–water partition coefficient (Wildman–Crippen LogP) is 3.06. The van der Waals surface area contributed by atoms with E-state index in [1.807, 2.05) is 6.92 Å². The monoisotopic (exact) mass is 316 g/mol. The summed E-state index contributed by atoms with van der Waals surface area (Å²) in [7, 11) is 2.19. The summed E-state index contributed by atoms with van der Waals surface area (Å²) < 4.78 is 5.36. The molecule has 23 heavy (non-hydrogen) atoms. The Kier molecular flexibility index (Phi) is 5.34. The van der Waals surface area contributed by atoms with Gasteiger partial charge in [-0.2, -0.15) is 0 Å². The normalized spacial score (nSPS) is 23.7. The molecule has 0 aromatic heterocycles. The third kappa shape index (κ3) is 3.93. The molecule has 1 amide bonds. The van der Waals surface area contributed by atoms with Gasteiger partial charge in [-0.1, -0.05) is 18.6 Å². The Morgan fingerprint density at radius 2 is 2.00 bits per heavy atom. The van der Waals surface area contributed by atoms with Crippen molar-refractivity contribution in [1.82, 2.24) is 10.2 Å². The van der Waals surface area contributed by atoms with Crippen LogP contribution in [-0.2, 0) is 4.74 Å². The van der Waals surface area contributed by atoms with Crippen molar-refractivity contribution in [1.29, 1.82) is 0 Å². The van der Waals surface area contributed by atoms with E-state index in [4.69, 9.17) is 4.74 Å². The number of carbonyl (C=O) groups excluding carboxylic acids is 1. The standard InChI is InChI=1S/C19H28N2O2/c1-14-6-7-15(18-5-3-4-10-21(18)2)13-17(14)19(22)20-16-8-11-23-12-9-16/h6-7,13,16,18H,3-5,8-12H2,1-2H3,(H,20,22). The molecule has 4 heteroatoms. The maximum absolute atomic E-state index is 12.7. The van der Waals surface area contributed by atoms with Gasteiger partial charge in [0.05, 0.1) is 0 Å². The van der Waals surface area contributed by atoms with Crippen molar-refractivity contribution in [3.63, 3.8) is 0 Å². The number of rotatable bonds is 3. The fourth-order valence-corrected chi connectivity index (χ4v) is 3.69. The molecule has 1 aromatic rings. The minimum Gasteiger partial charge on any atom is -0.381 e. The van der Waals surface area contributed by atoms with Gasteiger partial charge in [-0.05, 0) is 63.4 Å². The zero-order valence-electron chi connectivity index (χ0n) is 14.3. The van der Waals surface area contributed by atoms with Gasteiger partial charge >= 0.3 is 0 Å². The number of nitrogens with zero attached hydrogens (tertiary/aromatic N) is 1. The summed E-state index contributed by atoms with van der Waals surface area (Å²) in [6.45, 7) is 4.66. The van der Waals surface area contributed by atoms with Crippen molar-refractivity contribution in [2.45, 2.75) is 51.1 Å². The van der Waals surface area contributed by atoms with Gasteiger partial charge in [-0.3, -0.25) is 9.69 Å². The largest absolute Gasteiger partial charge is 0.381 e. The van der Waals surface area contributed by atoms with Crippen LogP contribution in [0.5, 0.6) is 0 Å². The van der Waals surface area contributed by atoms with Crippen LogP contribution in [0.15, 0.2) is 18.2 Å². The molecule has 1 atom stereocenters. The molecule has 2 aliphatic heterocycles. The second-order valence-electron chi connectivity index (χ2n) is 6.93. The average molecular weight is 316 g/mol. The lowest BCUT2D eigenvalue weighted by Gasteiger charge is -2.33. The van der Waals surface area contributed by atoms with Crippen LogP contribution in [0.3, 0.4) is 0 Å². The molecule has 1 unspecified atom stereocenters. The fourth-order valence-electron chi connectivity index (χ4n) is 3.69. The van der Waals surface area contributed by atoms with E-state index < -0.39 is 0 Å². The second-order valence-corrected chi connectivity index (χ2v) is 6.93. The summed E-state index contributed by atoms with van der Waals surface area (Å²) >= 11 is 0. The Balaban J connectivity index is 1.75. The van der Waals surface area contributed by atoms with Gasteiger partial charge in [0.2, 0.25) is 0 Å². The van der Waals surface area contributed by atoms with Crippen molar-refractivity contribution in [3.05, 3.63) is 34.9 Å². The molecule has 0 bridgehead atoms. The highest BCUT2D eigenvalue weighted by molar-refractivity contribution is 5.96. The van der Waals surface area contributed by atoms with E-state index in [1.54, 1.807) is 0 Å². The van der Waals surface area contributed by atoms with E-state index in [0.29, 0.717) is 6.04 Å². The van der Waals surface area contributed by atoms with E-state index in [9.17, 15) is 4.79 Å². The van der Waals surface area contributed by atoms with E-state index in [2.05, 4.69) is 35.5 Å². The molecule has 3 rings (SSSR count). The summed E-state index contributed by atoms with van der Waals surface area (Å²) in [6.07, 6.45) is 5.55. The minimum absolute atomic E-state index is 0.0645. The first-order valence-corrected chi connectivity index (χ1v) is 8.84. The van der Waals surface area contributed by atoms with Gasteiger partial charge in [0, 0.05) is 30.9 Å². The van der Waals surface area contributed by atoms with Crippen LogP contribution in [0, 0.1) is 6.92 Å². The number of likely N-dealkylation sites (tertiary alicyclic amines) is 1. The molecule has 2 aliphatic rings. The van der Waals surface area contributed by atoms with Crippen molar-refractivity contribution < 1.29 is 9.53 Å². The Morgan fingerprint density at radius 1 is 1.22 bits per heavy atom. The van der Waals surface area contributed by atoms with Crippen molar-refractivity contribution in [2.24, 2.45) is 0 Å². The maximum Gasteiger partial charge on any atom is 0.251 e. The third-order valence-electron chi connectivity index (χ3n) is 5.22. The van der Waals surface area contributed by atoms with Crippen molar-refractivity contribution >= 4 is 5.91 Å². The Bertz CT molecular complexity index is 552. The number of hydrogen-bond donors (Lipinski definition) is 1. The summed E-state index contributed by atoms with van der Waals surface area (Å²) in [5.74, 6) is 0.0645. The first-order valence-electron chi connectivity index (χ1n) is 8.84. The Labute approximate surface area is 139 Å². The first kappa shape index (κ1) is 16.5. The molecular weight excluding hydrogens is 288 g/mol. The van der Waals surface area contributed by atoms with E-state index in [1.165, 1.54) is 24.8 Å². The van der Waals surface area contributed by atoms with Crippen LogP contribution in [0.1, 0.15) is 59.6 Å². The number of nitrogens with one attached hydrogen (secondary N) is 1. The zero-order chi connectivity index (χ0) is 16.2. The van der Waals surface area contributed by atoms with Gasteiger partial charge in [-0.25, -0.2) is 0 Å². The highest BCUT2D eigenvalue weighted by Crippen LogP contribution is 2.30. The van der Waals surface area contributed by atoms with Crippen molar-refractivity contribution in [2.75, 3.05) is 26.8 Å². The number of ether oxygens (including phenoxy) is 1. The molecule has 2 fully saturated rings. The minimum atomic E-state index is 0.0645. The lowest BCUT2D eigenvalue weighted by atomic mass is 9.93. The molecule has 4 nitrogen and oxygen atoms in total. The number of benzene rings is 1. The lowest BCUT2D eigenvalue weighted by Crippen LogP contribution is -2.39. The number of aryl methyl sites for hydroxylation is 1. The van der Waals surface area contributed by atoms with Gasteiger partial charge in [0.25, 0.3) is 5.91 Å². The lowest BCUT2D eigenvalue weighted by molar-refractivity contribution is 0.0696. The van der Waals surface area contributed by atoms with Crippen LogP contribution in [0.4, 0.5) is 0 Å². The van der Waals surface area contributed by atoms with Crippen molar-refractivity contribution in [3.8, 4) is 0 Å². The molecule has 1 N–H and O–H groups in total. The predicted molar refractivity (Wildman–Crippen MR) is 91.7 cm³/mol. The molecule has 126 valence electrons. The third-order valence-corrected chi connectivity index (χ3v) is 5.22. The van der Waals surface area contributed by atoms with Gasteiger partial charge in [0.1, 0.15) is 0 Å². The maximum atomic E-state index is 12.7. The molecule has 1 aromatic carbocycles. The highest BCUT2D eigenvalue weighted by atomic mass is 16.5. The van der Waals surface area contributed by atoms with Crippen LogP contribution in [-0.4, -0.2) is 43.7 Å². The van der Waals surface area contributed by atoms with Crippen LogP contribution >= 0.6 is 0 Å². The SMILES string of the molecule is Cc1ccc(C2CCCCN2C)cc1C(=O)NC1CCOCC1. The van der Waals surface area contributed by atoms with E-state index in [-0.39, 0.29) is 11.9 Å². The highest BCUT2D eigenvalue weighted by Gasteiger charge is 2.23. The smallest absolute Gasteiger partial charge is 0.251 e. The van der Waals surface area contributed by atoms with Crippen LogP contribution in [0.2, 0.25) is 0 Å². The van der Waals surface area contributed by atoms with Crippen LogP contribution in [0.25, 0.3) is 0 Å².